The lowest BCUT2D eigenvalue weighted by Gasteiger charge is -2.17. The number of pyridine rings is 1. The third-order valence-electron chi connectivity index (χ3n) is 6.20. The minimum absolute atomic E-state index is 0.426. The van der Waals surface area contributed by atoms with E-state index in [1.807, 2.05) is 31.3 Å². The van der Waals surface area contributed by atoms with Gasteiger partial charge in [-0.3, -0.25) is 18.9 Å². The number of fused-ring (bicyclic) bond motifs is 2. The van der Waals surface area contributed by atoms with E-state index in [1.54, 1.807) is 47.5 Å². The van der Waals surface area contributed by atoms with Gasteiger partial charge in [-0.05, 0) is 50.1 Å². The number of benzene rings is 1. The van der Waals surface area contributed by atoms with Crippen LogP contribution in [-0.2, 0) is 11.3 Å². The third kappa shape index (κ3) is 4.24. The van der Waals surface area contributed by atoms with E-state index >= 15 is 0 Å². The van der Waals surface area contributed by atoms with Crippen LogP contribution in [0.25, 0.3) is 33.6 Å². The van der Waals surface area contributed by atoms with Gasteiger partial charge in [-0.2, -0.15) is 18.3 Å². The Labute approximate surface area is 208 Å². The van der Waals surface area contributed by atoms with Crippen LogP contribution in [0.1, 0.15) is 18.1 Å². The molecule has 0 aliphatic heterocycles. The molecule has 5 rings (SSSR count). The zero-order chi connectivity index (χ0) is 26.5. The third-order valence-corrected chi connectivity index (χ3v) is 6.20. The van der Waals surface area contributed by atoms with Gasteiger partial charge >= 0.3 is 11.9 Å². The number of aryl methyl sites for hydroxylation is 2. The van der Waals surface area contributed by atoms with Gasteiger partial charge in [-0.25, -0.2) is 14.3 Å². The van der Waals surface area contributed by atoms with Gasteiger partial charge in [0.2, 0.25) is 5.91 Å². The predicted molar refractivity (Wildman–Crippen MR) is 130 cm³/mol. The second kappa shape index (κ2) is 8.87. The summed E-state index contributed by atoms with van der Waals surface area (Å²) < 4.78 is 43.0. The number of rotatable bonds is 5. The van der Waals surface area contributed by atoms with E-state index in [4.69, 9.17) is 0 Å². The molecule has 0 aliphatic rings. The highest BCUT2D eigenvalue weighted by atomic mass is 19.4. The smallest absolute Gasteiger partial charge is 0.343 e. The normalized spacial score (nSPS) is 12.8. The number of para-hydroxylation sites is 1. The van der Waals surface area contributed by atoms with Crippen molar-refractivity contribution < 1.29 is 18.0 Å². The van der Waals surface area contributed by atoms with Crippen LogP contribution in [0, 0.1) is 13.8 Å². The average Bonchev–Trinajstić information content (AvgIpc) is 3.39. The van der Waals surface area contributed by atoms with E-state index < -0.39 is 30.4 Å². The molecule has 1 aromatic carbocycles. The molecular formula is C25H22F3N7O2. The van der Waals surface area contributed by atoms with E-state index in [1.165, 1.54) is 9.13 Å². The molecule has 12 heteroatoms. The standard InChI is InChI=1S/C25H22F3N7O2/c1-14-6-4-7-19-22(14)35(24(37)33(19)13-21(36)32-16(3)25(26,27)28)20-12-30-18(10-15(20)2)17-11-31-34-9-5-8-29-23(17)34/h4-12,16H,13H2,1-3H3,(H,32,36). The Morgan fingerprint density at radius 1 is 1.11 bits per heavy atom. The van der Waals surface area contributed by atoms with Crippen molar-refractivity contribution in [2.24, 2.45) is 0 Å². The molecule has 1 unspecified atom stereocenters. The minimum Gasteiger partial charge on any atom is -0.343 e. The molecule has 1 N–H and O–H groups in total. The molecule has 0 radical (unpaired) electrons. The molecule has 37 heavy (non-hydrogen) atoms. The Kier molecular flexibility index (Phi) is 5.81. The van der Waals surface area contributed by atoms with Gasteiger partial charge in [0, 0.05) is 12.4 Å². The second-order valence-corrected chi connectivity index (χ2v) is 8.78. The number of alkyl halides is 3. The number of imidazole rings is 1. The SMILES string of the molecule is Cc1cc(-c2cnn3cccnc23)ncc1-n1c(=O)n(CC(=O)NC(C)C(F)(F)F)c2cccc(C)c21. The summed E-state index contributed by atoms with van der Waals surface area (Å²) in [4.78, 5) is 34.9. The van der Waals surface area contributed by atoms with Gasteiger partial charge < -0.3 is 5.32 Å². The Bertz CT molecular complexity index is 1720. The maximum Gasteiger partial charge on any atom is 0.408 e. The molecule has 0 aliphatic carbocycles. The molecule has 0 spiro atoms. The number of hydrogen-bond acceptors (Lipinski definition) is 5. The number of hydrogen-bond donors (Lipinski definition) is 1. The van der Waals surface area contributed by atoms with Crippen molar-refractivity contribution in [1.29, 1.82) is 0 Å². The summed E-state index contributed by atoms with van der Waals surface area (Å²) in [7, 11) is 0. The molecule has 4 heterocycles. The molecule has 0 saturated carbocycles. The van der Waals surface area contributed by atoms with Gasteiger partial charge in [-0.1, -0.05) is 12.1 Å². The monoisotopic (exact) mass is 509 g/mol. The summed E-state index contributed by atoms with van der Waals surface area (Å²) in [6.07, 6.45) is 2.06. The average molecular weight is 509 g/mol. The lowest BCUT2D eigenvalue weighted by Crippen LogP contribution is -2.45. The van der Waals surface area contributed by atoms with Gasteiger partial charge in [0.25, 0.3) is 0 Å². The van der Waals surface area contributed by atoms with Crippen LogP contribution in [-0.4, -0.2) is 46.8 Å². The van der Waals surface area contributed by atoms with E-state index in [-0.39, 0.29) is 0 Å². The largest absolute Gasteiger partial charge is 0.408 e. The number of aromatic nitrogens is 6. The van der Waals surface area contributed by atoms with Gasteiger partial charge in [0.1, 0.15) is 12.6 Å². The van der Waals surface area contributed by atoms with Crippen molar-refractivity contribution in [3.63, 3.8) is 0 Å². The summed E-state index contributed by atoms with van der Waals surface area (Å²) >= 11 is 0. The zero-order valence-corrected chi connectivity index (χ0v) is 20.1. The Hall–Kier alpha value is -4.48. The fraction of sp³-hybridized carbons (Fsp3) is 0.240. The first-order valence-corrected chi connectivity index (χ1v) is 11.4. The Morgan fingerprint density at radius 2 is 1.89 bits per heavy atom. The van der Waals surface area contributed by atoms with Gasteiger partial charge in [0.15, 0.2) is 5.65 Å². The highest BCUT2D eigenvalue weighted by Gasteiger charge is 2.37. The van der Waals surface area contributed by atoms with E-state index in [2.05, 4.69) is 15.1 Å². The van der Waals surface area contributed by atoms with Crippen LogP contribution < -0.4 is 11.0 Å². The summed E-state index contributed by atoms with van der Waals surface area (Å²) in [6.45, 7) is 3.93. The molecule has 1 amide bonds. The molecule has 190 valence electrons. The highest BCUT2D eigenvalue weighted by molar-refractivity contribution is 5.85. The summed E-state index contributed by atoms with van der Waals surface area (Å²) in [5, 5.41) is 6.20. The molecule has 9 nitrogen and oxygen atoms in total. The molecule has 4 aromatic heterocycles. The quantitative estimate of drug-likeness (QED) is 0.391. The molecule has 0 bridgehead atoms. The van der Waals surface area contributed by atoms with Gasteiger partial charge in [-0.15, -0.1) is 0 Å². The van der Waals surface area contributed by atoms with Crippen molar-refractivity contribution in [2.75, 3.05) is 0 Å². The van der Waals surface area contributed by atoms with Crippen LogP contribution in [0.3, 0.4) is 0 Å². The van der Waals surface area contributed by atoms with Crippen LogP contribution in [0.15, 0.2) is 59.9 Å². The number of halogens is 3. The predicted octanol–water partition coefficient (Wildman–Crippen LogP) is 3.58. The molecule has 0 saturated heterocycles. The molecular weight excluding hydrogens is 487 g/mol. The minimum atomic E-state index is -4.59. The topological polar surface area (TPSA) is 99.1 Å². The van der Waals surface area contributed by atoms with Crippen LogP contribution in [0.4, 0.5) is 13.2 Å². The molecule has 1 atom stereocenters. The fourth-order valence-electron chi connectivity index (χ4n) is 4.30. The molecule has 5 aromatic rings. The van der Waals surface area contributed by atoms with E-state index in [9.17, 15) is 22.8 Å². The van der Waals surface area contributed by atoms with Crippen molar-refractivity contribution in [2.45, 2.75) is 39.5 Å². The second-order valence-electron chi connectivity index (χ2n) is 8.78. The van der Waals surface area contributed by atoms with Crippen molar-refractivity contribution in [3.05, 3.63) is 76.7 Å². The molecule has 0 fully saturated rings. The van der Waals surface area contributed by atoms with Crippen LogP contribution in [0.5, 0.6) is 0 Å². The Morgan fingerprint density at radius 3 is 2.62 bits per heavy atom. The number of carbonyl (C=O) groups excluding carboxylic acids is 1. The van der Waals surface area contributed by atoms with E-state index in [0.717, 1.165) is 23.6 Å². The lowest BCUT2D eigenvalue weighted by molar-refractivity contribution is -0.158. The summed E-state index contributed by atoms with van der Waals surface area (Å²) in [5.41, 5.74) is 4.34. The number of nitrogens with zero attached hydrogens (tertiary/aromatic N) is 6. The number of nitrogens with one attached hydrogen (secondary N) is 1. The highest BCUT2D eigenvalue weighted by Crippen LogP contribution is 2.27. The van der Waals surface area contributed by atoms with Crippen molar-refractivity contribution >= 4 is 22.6 Å². The number of carbonyl (C=O) groups is 1. The first kappa shape index (κ1) is 24.2. The van der Waals surface area contributed by atoms with Crippen molar-refractivity contribution in [1.82, 2.24) is 34.0 Å². The number of amides is 1. The lowest BCUT2D eigenvalue weighted by atomic mass is 10.1. The fourth-order valence-corrected chi connectivity index (χ4v) is 4.30. The summed E-state index contributed by atoms with van der Waals surface area (Å²) in [6, 6.07) is 6.73. The first-order chi connectivity index (χ1) is 17.6. The van der Waals surface area contributed by atoms with E-state index in [0.29, 0.717) is 28.1 Å². The van der Waals surface area contributed by atoms with Gasteiger partial charge in [0.05, 0.1) is 40.4 Å². The zero-order valence-electron chi connectivity index (χ0n) is 20.1. The Balaban J connectivity index is 1.59. The maximum atomic E-state index is 13.6. The van der Waals surface area contributed by atoms with Crippen LogP contribution >= 0.6 is 0 Å². The summed E-state index contributed by atoms with van der Waals surface area (Å²) in [5.74, 6) is -0.918. The maximum absolute atomic E-state index is 13.6. The van der Waals surface area contributed by atoms with Crippen LogP contribution in [0.2, 0.25) is 0 Å². The first-order valence-electron chi connectivity index (χ1n) is 11.4. The van der Waals surface area contributed by atoms with Crippen molar-refractivity contribution in [3.8, 4) is 16.9 Å².